The van der Waals surface area contributed by atoms with Crippen molar-refractivity contribution in [2.75, 3.05) is 0 Å². The number of hydrogen-bond acceptors (Lipinski definition) is 9. The Bertz CT molecular complexity index is 690. The van der Waals surface area contributed by atoms with Crippen molar-refractivity contribution >= 4 is 34.7 Å². The first-order valence-corrected chi connectivity index (χ1v) is 4.65. The highest BCUT2D eigenvalue weighted by Gasteiger charge is 2.13. The average molecular weight is 265 g/mol. The first kappa shape index (κ1) is 12.3. The lowest BCUT2D eigenvalue weighted by atomic mass is 10.2. The van der Waals surface area contributed by atoms with Crippen molar-refractivity contribution in [3.63, 3.8) is 0 Å². The van der Waals surface area contributed by atoms with Crippen LogP contribution in [0.25, 0.3) is 11.0 Å². The van der Waals surface area contributed by atoms with Gasteiger partial charge in [-0.15, -0.1) is 0 Å². The van der Waals surface area contributed by atoms with Gasteiger partial charge in [0, 0.05) is 12.1 Å². The predicted molar refractivity (Wildman–Crippen MR) is 54.2 cm³/mol. The fourth-order valence-electron chi connectivity index (χ4n) is 1.29. The number of nitrogens with zero attached hydrogens (tertiary/aromatic N) is 3. The molecule has 0 atom stereocenters. The van der Waals surface area contributed by atoms with Crippen LogP contribution in [-0.2, 0) is 4.74 Å². The number of ether oxygens (including phenoxy) is 1. The molecule has 10 heteroatoms. The van der Waals surface area contributed by atoms with Crippen LogP contribution in [0.3, 0.4) is 0 Å². The van der Waals surface area contributed by atoms with Crippen molar-refractivity contribution in [3.05, 3.63) is 28.3 Å². The maximum absolute atomic E-state index is 11.0. The molecule has 0 aliphatic carbocycles. The normalized spacial score (nSPS) is 11.5. The highest BCUT2D eigenvalue weighted by Crippen LogP contribution is 2.28. The fourth-order valence-corrected chi connectivity index (χ4v) is 1.29. The van der Waals surface area contributed by atoms with Gasteiger partial charge >= 0.3 is 0 Å². The zero-order chi connectivity index (χ0) is 14.0. The van der Waals surface area contributed by atoms with E-state index in [0.717, 1.165) is 6.07 Å². The number of hydrogen-bond donors (Lipinski definition) is 0. The number of aromatic nitrogens is 1. The first-order chi connectivity index (χ1) is 8.97. The number of fused-ring (bicyclic) bond motifs is 1. The van der Waals surface area contributed by atoms with E-state index in [2.05, 4.69) is 14.9 Å². The van der Waals surface area contributed by atoms with Crippen molar-refractivity contribution in [1.82, 2.24) is 5.16 Å². The third-order valence-corrected chi connectivity index (χ3v) is 2.01. The SMILES string of the molecule is O=C([O-])OC([O-])=Nc1noc2ccc([N+](=O)[O-])cc12. The largest absolute Gasteiger partial charge is 0.537 e. The third-order valence-electron chi connectivity index (χ3n) is 2.01. The first-order valence-electron chi connectivity index (χ1n) is 4.65. The van der Waals surface area contributed by atoms with E-state index in [4.69, 9.17) is 4.52 Å². The lowest BCUT2D eigenvalue weighted by Gasteiger charge is -2.09. The Labute approximate surface area is 103 Å². The fraction of sp³-hybridized carbons (Fsp3) is 0. The molecule has 0 saturated heterocycles. The van der Waals surface area contributed by atoms with E-state index < -0.39 is 17.2 Å². The van der Waals surface area contributed by atoms with E-state index in [0.29, 0.717) is 0 Å². The minimum Gasteiger partial charge on any atom is -0.537 e. The molecule has 0 radical (unpaired) electrons. The van der Waals surface area contributed by atoms with Gasteiger partial charge in [-0.25, -0.2) is 4.99 Å². The Morgan fingerprint density at radius 2 is 2.16 bits per heavy atom. The molecular formula is C9H3N3O7-2. The van der Waals surface area contributed by atoms with Crippen molar-refractivity contribution < 1.29 is 29.2 Å². The van der Waals surface area contributed by atoms with Crippen LogP contribution in [0.4, 0.5) is 16.3 Å². The molecule has 19 heavy (non-hydrogen) atoms. The van der Waals surface area contributed by atoms with Crippen molar-refractivity contribution in [2.45, 2.75) is 0 Å². The summed E-state index contributed by atoms with van der Waals surface area (Å²) < 4.78 is 8.39. The highest BCUT2D eigenvalue weighted by atomic mass is 16.7. The molecule has 0 amide bonds. The van der Waals surface area contributed by atoms with E-state index in [9.17, 15) is 25.1 Å². The Hall–Kier alpha value is -3.17. The minimum absolute atomic E-state index is 0.0736. The molecule has 2 rings (SSSR count). The number of carboxylic acid groups (broad SMARTS) is 1. The van der Waals surface area contributed by atoms with Crippen molar-refractivity contribution in [1.29, 1.82) is 0 Å². The second-order valence-corrected chi connectivity index (χ2v) is 3.17. The smallest absolute Gasteiger partial charge is 0.270 e. The lowest BCUT2D eigenvalue weighted by Crippen LogP contribution is -2.32. The Morgan fingerprint density at radius 1 is 1.42 bits per heavy atom. The number of aliphatic imine (C=N–C) groups is 1. The van der Waals surface area contributed by atoms with E-state index >= 15 is 0 Å². The van der Waals surface area contributed by atoms with Crippen LogP contribution in [0.1, 0.15) is 0 Å². The van der Waals surface area contributed by atoms with Gasteiger partial charge in [0.15, 0.2) is 11.7 Å². The van der Waals surface area contributed by atoms with Crippen molar-refractivity contribution in [2.24, 2.45) is 4.99 Å². The number of rotatable bonds is 2. The van der Waals surface area contributed by atoms with E-state index in [1.165, 1.54) is 12.1 Å². The lowest BCUT2D eigenvalue weighted by molar-refractivity contribution is -0.384. The summed E-state index contributed by atoms with van der Waals surface area (Å²) in [5, 5.41) is 35.0. The predicted octanol–water partition coefficient (Wildman–Crippen LogP) is -0.556. The van der Waals surface area contributed by atoms with Crippen LogP contribution < -0.4 is 10.2 Å². The number of carbonyl (C=O) groups excluding carboxylic acids is 1. The number of non-ortho nitro benzene ring substituents is 1. The van der Waals surface area contributed by atoms with Gasteiger partial charge in [-0.3, -0.25) is 10.1 Å². The van der Waals surface area contributed by atoms with Gasteiger partial charge in [0.1, 0.15) is 0 Å². The molecule has 1 aromatic heterocycles. The van der Waals surface area contributed by atoms with Crippen molar-refractivity contribution in [3.8, 4) is 0 Å². The minimum atomic E-state index is -2.08. The Morgan fingerprint density at radius 3 is 2.79 bits per heavy atom. The van der Waals surface area contributed by atoms with Gasteiger partial charge in [-0.2, -0.15) is 0 Å². The summed E-state index contributed by atoms with van der Waals surface area (Å²) in [4.78, 5) is 23.1. The van der Waals surface area contributed by atoms with Crippen LogP contribution >= 0.6 is 0 Å². The molecule has 0 bridgehead atoms. The van der Waals surface area contributed by atoms with Gasteiger partial charge in [-0.1, -0.05) is 5.16 Å². The van der Waals surface area contributed by atoms with E-state index in [1.807, 2.05) is 0 Å². The highest BCUT2D eigenvalue weighted by molar-refractivity contribution is 5.90. The number of nitro groups is 1. The molecule has 10 nitrogen and oxygen atoms in total. The molecule has 0 spiro atoms. The van der Waals surface area contributed by atoms with Crippen LogP contribution in [0, 0.1) is 10.1 Å². The molecule has 0 N–H and O–H groups in total. The summed E-state index contributed by atoms with van der Waals surface area (Å²) in [7, 11) is 0. The number of carbonyl (C=O) groups is 1. The average Bonchev–Trinajstić information content (AvgIpc) is 2.70. The van der Waals surface area contributed by atoms with Crippen LogP contribution in [-0.4, -0.2) is 22.3 Å². The van der Waals surface area contributed by atoms with Crippen LogP contribution in [0.5, 0.6) is 0 Å². The standard InChI is InChI=1S/C9H5N3O7/c13-8(18-9(14)15)10-7-5-3-4(12(16)17)1-2-6(5)19-11-7/h1-3H,(H,14,15)(H,10,11,13)/p-2. The van der Waals surface area contributed by atoms with Crippen LogP contribution in [0.15, 0.2) is 27.7 Å². The molecule has 0 fully saturated rings. The summed E-state index contributed by atoms with van der Waals surface area (Å²) >= 11 is 0. The maximum Gasteiger partial charge on any atom is 0.270 e. The molecule has 0 aliphatic rings. The van der Waals surface area contributed by atoms with E-state index in [-0.39, 0.29) is 22.5 Å². The second kappa shape index (κ2) is 4.60. The summed E-state index contributed by atoms with van der Waals surface area (Å²) in [6.45, 7) is 0. The molecule has 2 aromatic rings. The third kappa shape index (κ3) is 2.57. The quantitative estimate of drug-likeness (QED) is 0.230. The summed E-state index contributed by atoms with van der Waals surface area (Å²) in [6, 6.07) is 3.53. The zero-order valence-electron chi connectivity index (χ0n) is 8.93. The number of benzene rings is 1. The number of nitro benzene ring substituents is 1. The summed E-state index contributed by atoms with van der Waals surface area (Å²) in [5.41, 5.74) is -0.119. The molecule has 0 saturated carbocycles. The second-order valence-electron chi connectivity index (χ2n) is 3.17. The van der Waals surface area contributed by atoms with E-state index in [1.54, 1.807) is 0 Å². The van der Waals surface area contributed by atoms with Gasteiger partial charge in [0.2, 0.25) is 12.0 Å². The molecule has 98 valence electrons. The molecular weight excluding hydrogens is 262 g/mol. The summed E-state index contributed by atoms with van der Waals surface area (Å²) in [6.07, 6.45) is -3.56. The van der Waals surface area contributed by atoms with Crippen LogP contribution in [0.2, 0.25) is 0 Å². The maximum atomic E-state index is 11.0. The Balaban J connectivity index is 2.46. The van der Waals surface area contributed by atoms with Gasteiger partial charge in [0.25, 0.3) is 5.69 Å². The van der Waals surface area contributed by atoms with Gasteiger partial charge in [0.05, 0.1) is 10.3 Å². The molecule has 1 aromatic carbocycles. The van der Waals surface area contributed by atoms with Gasteiger partial charge < -0.3 is 24.3 Å². The molecule has 0 aliphatic heterocycles. The molecule has 1 heterocycles. The Kier molecular flexibility index (Phi) is 2.98. The molecule has 0 unspecified atom stereocenters. The summed E-state index contributed by atoms with van der Waals surface area (Å²) in [5.74, 6) is -0.329. The zero-order valence-corrected chi connectivity index (χ0v) is 8.93. The monoisotopic (exact) mass is 265 g/mol. The van der Waals surface area contributed by atoms with Gasteiger partial charge in [-0.05, 0) is 6.07 Å². The topological polar surface area (TPSA) is 154 Å².